The summed E-state index contributed by atoms with van der Waals surface area (Å²) in [5.74, 6) is 0. The summed E-state index contributed by atoms with van der Waals surface area (Å²) in [6, 6.07) is 5.70. The predicted molar refractivity (Wildman–Crippen MR) is 66.4 cm³/mol. The Morgan fingerprint density at radius 1 is 1.39 bits per heavy atom. The predicted octanol–water partition coefficient (Wildman–Crippen LogP) is 1.14. The molecule has 0 heterocycles. The second-order valence-corrected chi connectivity index (χ2v) is 5.26. The van der Waals surface area contributed by atoms with Gasteiger partial charge in [-0.25, -0.2) is 18.4 Å². The number of alkyl carbamates (subject to hydrolysis) is 1. The highest BCUT2D eigenvalue weighted by Gasteiger charge is 2.12. The molecule has 6 nitrogen and oxygen atoms in total. The zero-order valence-electron chi connectivity index (χ0n) is 10.2. The number of sulfonamides is 1. The zero-order chi connectivity index (χ0) is 13.8. The first-order valence-corrected chi connectivity index (χ1v) is 6.95. The molecule has 1 atom stereocenters. The monoisotopic (exact) mass is 272 g/mol. The molecule has 0 fully saturated rings. The van der Waals surface area contributed by atoms with Crippen LogP contribution in [0.2, 0.25) is 0 Å². The number of hydrogen-bond acceptors (Lipinski definition) is 4. The fourth-order valence-corrected chi connectivity index (χ4v) is 1.89. The number of amides is 1. The highest BCUT2D eigenvalue weighted by atomic mass is 32.2. The molecule has 1 amide bonds. The zero-order valence-corrected chi connectivity index (χ0v) is 11.0. The molecule has 0 aliphatic heterocycles. The molecule has 0 saturated heterocycles. The van der Waals surface area contributed by atoms with Gasteiger partial charge in [0.05, 0.1) is 17.5 Å². The lowest BCUT2D eigenvalue weighted by Gasteiger charge is -2.14. The number of carbonyl (C=O) groups is 1. The van der Waals surface area contributed by atoms with Gasteiger partial charge in [0.15, 0.2) is 0 Å². The average Bonchev–Trinajstić information content (AvgIpc) is 2.28. The molecule has 1 aromatic rings. The number of nitrogens with one attached hydrogen (secondary N) is 1. The molecule has 7 heteroatoms. The third-order valence-electron chi connectivity index (χ3n) is 2.32. The number of nitrogens with two attached hydrogens (primary N) is 1. The Morgan fingerprint density at radius 3 is 2.39 bits per heavy atom. The summed E-state index contributed by atoms with van der Waals surface area (Å²) >= 11 is 0. The maximum atomic E-state index is 11.2. The third kappa shape index (κ3) is 4.01. The van der Waals surface area contributed by atoms with Crippen LogP contribution >= 0.6 is 0 Å². The standard InChI is InChI=1S/C11H16N2O4S/c1-3-17-11(14)13-8(2)9-4-6-10(7-5-9)18(12,15)16/h4-8H,3H2,1-2H3,(H,13,14)(H2,12,15,16). The van der Waals surface area contributed by atoms with Crippen molar-refractivity contribution >= 4 is 16.1 Å². The maximum absolute atomic E-state index is 11.2. The van der Waals surface area contributed by atoms with Crippen LogP contribution in [0.1, 0.15) is 25.5 Å². The molecule has 0 aliphatic carbocycles. The molecule has 1 rings (SSSR count). The number of benzene rings is 1. The summed E-state index contributed by atoms with van der Waals surface area (Å²) in [5.41, 5.74) is 0.760. The summed E-state index contributed by atoms with van der Waals surface area (Å²) in [6.45, 7) is 3.77. The largest absolute Gasteiger partial charge is 0.450 e. The highest BCUT2D eigenvalue weighted by Crippen LogP contribution is 2.15. The number of hydrogen-bond donors (Lipinski definition) is 2. The molecule has 0 aliphatic rings. The van der Waals surface area contributed by atoms with Gasteiger partial charge in [0, 0.05) is 0 Å². The van der Waals surface area contributed by atoms with Gasteiger partial charge in [0.2, 0.25) is 10.0 Å². The van der Waals surface area contributed by atoms with Gasteiger partial charge in [0.1, 0.15) is 0 Å². The van der Waals surface area contributed by atoms with Crippen LogP contribution in [0.5, 0.6) is 0 Å². The minimum Gasteiger partial charge on any atom is -0.450 e. The van der Waals surface area contributed by atoms with E-state index in [1.807, 2.05) is 0 Å². The highest BCUT2D eigenvalue weighted by molar-refractivity contribution is 7.89. The number of rotatable bonds is 4. The summed E-state index contributed by atoms with van der Waals surface area (Å²) in [5, 5.41) is 7.60. The van der Waals surface area contributed by atoms with Gasteiger partial charge in [-0.2, -0.15) is 0 Å². The number of primary sulfonamides is 1. The summed E-state index contributed by atoms with van der Waals surface area (Å²) in [6.07, 6.45) is -0.513. The van der Waals surface area contributed by atoms with E-state index in [2.05, 4.69) is 5.32 Å². The topological polar surface area (TPSA) is 98.5 Å². The molecule has 0 saturated carbocycles. The van der Waals surface area contributed by atoms with Crippen LogP contribution in [-0.4, -0.2) is 21.1 Å². The molecular formula is C11H16N2O4S. The van der Waals surface area contributed by atoms with E-state index < -0.39 is 16.1 Å². The van der Waals surface area contributed by atoms with E-state index in [0.29, 0.717) is 6.61 Å². The Balaban J connectivity index is 2.76. The Morgan fingerprint density at radius 2 is 1.94 bits per heavy atom. The molecule has 3 N–H and O–H groups in total. The van der Waals surface area contributed by atoms with Crippen molar-refractivity contribution in [2.75, 3.05) is 6.61 Å². The van der Waals surface area contributed by atoms with Crippen molar-refractivity contribution < 1.29 is 17.9 Å². The van der Waals surface area contributed by atoms with E-state index >= 15 is 0 Å². The van der Waals surface area contributed by atoms with Crippen LogP contribution in [0, 0.1) is 0 Å². The second kappa shape index (κ2) is 5.83. The number of carbonyl (C=O) groups excluding carboxylic acids is 1. The van der Waals surface area contributed by atoms with Gasteiger partial charge in [-0.3, -0.25) is 0 Å². The lowest BCUT2D eigenvalue weighted by molar-refractivity contribution is 0.149. The lowest BCUT2D eigenvalue weighted by atomic mass is 10.1. The normalized spacial score (nSPS) is 12.8. The van der Waals surface area contributed by atoms with Crippen LogP contribution in [0.15, 0.2) is 29.2 Å². The van der Waals surface area contributed by atoms with Crippen molar-refractivity contribution in [3.63, 3.8) is 0 Å². The average molecular weight is 272 g/mol. The molecule has 0 bridgehead atoms. The van der Waals surface area contributed by atoms with Crippen LogP contribution in [0.3, 0.4) is 0 Å². The van der Waals surface area contributed by atoms with E-state index in [9.17, 15) is 13.2 Å². The molecule has 0 aromatic heterocycles. The maximum Gasteiger partial charge on any atom is 0.407 e. The first-order valence-electron chi connectivity index (χ1n) is 5.40. The lowest BCUT2D eigenvalue weighted by Crippen LogP contribution is -2.27. The molecule has 0 radical (unpaired) electrons. The van der Waals surface area contributed by atoms with Crippen molar-refractivity contribution in [3.05, 3.63) is 29.8 Å². The van der Waals surface area contributed by atoms with Crippen molar-refractivity contribution in [1.29, 1.82) is 0 Å². The summed E-state index contributed by atoms with van der Waals surface area (Å²) in [4.78, 5) is 11.2. The Kier molecular flexibility index (Phi) is 4.69. The Bertz CT molecular complexity index is 510. The van der Waals surface area contributed by atoms with Crippen LogP contribution < -0.4 is 10.5 Å². The molecule has 0 spiro atoms. The first kappa shape index (κ1) is 14.5. The molecule has 100 valence electrons. The van der Waals surface area contributed by atoms with E-state index in [4.69, 9.17) is 9.88 Å². The van der Waals surface area contributed by atoms with Gasteiger partial charge in [-0.1, -0.05) is 12.1 Å². The smallest absolute Gasteiger partial charge is 0.407 e. The van der Waals surface area contributed by atoms with Crippen molar-refractivity contribution in [2.24, 2.45) is 5.14 Å². The van der Waals surface area contributed by atoms with Gasteiger partial charge < -0.3 is 10.1 Å². The summed E-state index contributed by atoms with van der Waals surface area (Å²) in [7, 11) is -3.69. The van der Waals surface area contributed by atoms with Crippen LogP contribution in [0.4, 0.5) is 4.79 Å². The minimum absolute atomic E-state index is 0.0367. The van der Waals surface area contributed by atoms with Crippen molar-refractivity contribution in [3.8, 4) is 0 Å². The first-order chi connectivity index (χ1) is 8.34. The Hall–Kier alpha value is -1.60. The van der Waals surface area contributed by atoms with Crippen LogP contribution in [0.25, 0.3) is 0 Å². The van der Waals surface area contributed by atoms with Gasteiger partial charge in [-0.15, -0.1) is 0 Å². The molecule has 1 unspecified atom stereocenters. The summed E-state index contributed by atoms with van der Waals surface area (Å²) < 4.78 is 26.9. The number of ether oxygens (including phenoxy) is 1. The van der Waals surface area contributed by atoms with E-state index in [0.717, 1.165) is 5.56 Å². The van der Waals surface area contributed by atoms with E-state index in [-0.39, 0.29) is 10.9 Å². The fourth-order valence-electron chi connectivity index (χ4n) is 1.38. The van der Waals surface area contributed by atoms with Gasteiger partial charge in [-0.05, 0) is 31.5 Å². The SMILES string of the molecule is CCOC(=O)NC(C)c1ccc(S(N)(=O)=O)cc1. The van der Waals surface area contributed by atoms with Crippen molar-refractivity contribution in [2.45, 2.75) is 24.8 Å². The molecule has 1 aromatic carbocycles. The van der Waals surface area contributed by atoms with Gasteiger partial charge in [0.25, 0.3) is 0 Å². The van der Waals surface area contributed by atoms with E-state index in [1.54, 1.807) is 26.0 Å². The minimum atomic E-state index is -3.69. The van der Waals surface area contributed by atoms with Crippen LogP contribution in [-0.2, 0) is 14.8 Å². The van der Waals surface area contributed by atoms with Crippen molar-refractivity contribution in [1.82, 2.24) is 5.32 Å². The van der Waals surface area contributed by atoms with Gasteiger partial charge >= 0.3 is 6.09 Å². The quantitative estimate of drug-likeness (QED) is 0.858. The molecular weight excluding hydrogens is 256 g/mol. The Labute approximate surface area is 106 Å². The second-order valence-electron chi connectivity index (χ2n) is 3.70. The fraction of sp³-hybridized carbons (Fsp3) is 0.364. The third-order valence-corrected chi connectivity index (χ3v) is 3.25. The molecule has 18 heavy (non-hydrogen) atoms. The van der Waals surface area contributed by atoms with E-state index in [1.165, 1.54) is 12.1 Å².